The lowest BCUT2D eigenvalue weighted by Gasteiger charge is -2.26. The Bertz CT molecular complexity index is 3970. The van der Waals surface area contributed by atoms with Crippen molar-refractivity contribution in [3.05, 3.63) is 284 Å². The Morgan fingerprint density at radius 3 is 0.918 bits per heavy atom. The molecule has 0 atom stereocenters. The number of anilines is 3. The van der Waals surface area contributed by atoms with Gasteiger partial charge in [-0.1, -0.05) is 194 Å². The number of hydrogen-bond acceptors (Lipinski definition) is 1. The molecule has 0 N–H and O–H groups in total. The molecule has 0 heterocycles. The summed E-state index contributed by atoms with van der Waals surface area (Å²) in [6.45, 7) is 4.52. The summed E-state index contributed by atoms with van der Waals surface area (Å²) in [6.07, 6.45) is 0. The third-order valence-electron chi connectivity index (χ3n) is 15.0. The van der Waals surface area contributed by atoms with Gasteiger partial charge in [0.05, 0.1) is 0 Å². The zero-order valence-corrected chi connectivity index (χ0v) is 40.9. The molecule has 0 bridgehead atoms. The quantitative estimate of drug-likeness (QED) is 0.130. The molecule has 0 fully saturated rings. The van der Waals surface area contributed by atoms with Gasteiger partial charge in [-0.2, -0.15) is 0 Å². The molecule has 0 amide bonds. The first-order valence-corrected chi connectivity index (χ1v) is 25.3. The molecule has 0 saturated carbocycles. The number of benzene rings is 13. The molecular formula is C72H51N. The van der Waals surface area contributed by atoms with Gasteiger partial charge < -0.3 is 4.90 Å². The van der Waals surface area contributed by atoms with Crippen LogP contribution in [0.5, 0.6) is 0 Å². The van der Waals surface area contributed by atoms with Crippen molar-refractivity contribution >= 4 is 60.2 Å². The van der Waals surface area contributed by atoms with Crippen LogP contribution in [-0.4, -0.2) is 0 Å². The predicted octanol–water partition coefficient (Wildman–Crippen LogP) is 20.4. The van der Waals surface area contributed by atoms with Gasteiger partial charge in [0.1, 0.15) is 0 Å². The molecular weight excluding hydrogens is 879 g/mol. The molecule has 1 nitrogen and oxygen atoms in total. The molecule has 13 aromatic carbocycles. The second-order valence-corrected chi connectivity index (χ2v) is 19.4. The molecule has 0 aliphatic rings. The third-order valence-corrected chi connectivity index (χ3v) is 15.0. The Labute approximate surface area is 427 Å². The number of rotatable bonds is 9. The highest BCUT2D eigenvalue weighted by Crippen LogP contribution is 2.41. The molecule has 13 aromatic rings. The van der Waals surface area contributed by atoms with Crippen LogP contribution in [-0.2, 0) is 0 Å². The standard InChI is InChI=1S/C72H51N/c1-48-69(21-11-23-71(48)62-27-25-60-42-56-15-6-8-17-58(56)44-64(60)46-62)52-31-37-67(38-32-52)73(66-35-29-51(30-36-66)55-20-10-19-54(41-55)50-13-4-3-5-14-50)68-39-33-53(34-40-68)70-22-12-24-72(49(70)2)63-28-26-61-43-57-16-7-9-18-59(57)45-65(61)47-63/h3-47H,1-2H3. The molecule has 0 aliphatic carbocycles. The van der Waals surface area contributed by atoms with E-state index < -0.39 is 0 Å². The topological polar surface area (TPSA) is 3.24 Å². The highest BCUT2D eigenvalue weighted by atomic mass is 15.1. The summed E-state index contributed by atoms with van der Waals surface area (Å²) >= 11 is 0. The lowest BCUT2D eigenvalue weighted by molar-refractivity contribution is 1.28. The van der Waals surface area contributed by atoms with Gasteiger partial charge >= 0.3 is 0 Å². The van der Waals surface area contributed by atoms with E-state index in [9.17, 15) is 0 Å². The Morgan fingerprint density at radius 1 is 0.192 bits per heavy atom. The summed E-state index contributed by atoms with van der Waals surface area (Å²) in [7, 11) is 0. The van der Waals surface area contributed by atoms with Crippen LogP contribution in [0.2, 0.25) is 0 Å². The SMILES string of the molecule is Cc1c(-c2ccc(N(c3ccc(-c4cccc(-c5ccccc5)c4)cc3)c3ccc(-c4cccc(-c5ccc6cc7ccccc7cc6c5)c4C)cc3)cc2)cccc1-c1ccc2cc3ccccc3cc2c1. The third kappa shape index (κ3) is 8.31. The normalized spacial score (nSPS) is 11.4. The summed E-state index contributed by atoms with van der Waals surface area (Å²) < 4.78 is 0. The van der Waals surface area contributed by atoms with Crippen molar-refractivity contribution in [1.82, 2.24) is 0 Å². The summed E-state index contributed by atoms with van der Waals surface area (Å²) in [5.74, 6) is 0. The molecule has 0 saturated heterocycles. The van der Waals surface area contributed by atoms with Crippen LogP contribution in [0.15, 0.2) is 273 Å². The summed E-state index contributed by atoms with van der Waals surface area (Å²) in [6, 6.07) is 100. The number of fused-ring (bicyclic) bond motifs is 4. The van der Waals surface area contributed by atoms with Crippen LogP contribution in [0.1, 0.15) is 11.1 Å². The Morgan fingerprint density at radius 2 is 0.493 bits per heavy atom. The van der Waals surface area contributed by atoms with Crippen LogP contribution >= 0.6 is 0 Å². The van der Waals surface area contributed by atoms with Crippen molar-refractivity contribution in [2.45, 2.75) is 13.8 Å². The Hall–Kier alpha value is -9.30. The first-order chi connectivity index (χ1) is 36.0. The second-order valence-electron chi connectivity index (χ2n) is 19.4. The molecule has 0 aromatic heterocycles. The fraction of sp³-hybridized carbons (Fsp3) is 0.0278. The van der Waals surface area contributed by atoms with Gasteiger partial charge in [-0.05, 0) is 214 Å². The van der Waals surface area contributed by atoms with Crippen LogP contribution < -0.4 is 4.90 Å². The van der Waals surface area contributed by atoms with Gasteiger partial charge in [-0.3, -0.25) is 0 Å². The van der Waals surface area contributed by atoms with E-state index in [0.717, 1.165) is 17.1 Å². The first-order valence-electron chi connectivity index (χ1n) is 25.3. The summed E-state index contributed by atoms with van der Waals surface area (Å²) in [5.41, 5.74) is 20.4. The van der Waals surface area contributed by atoms with E-state index in [0.29, 0.717) is 0 Å². The zero-order valence-electron chi connectivity index (χ0n) is 40.9. The molecule has 0 radical (unpaired) electrons. The first kappa shape index (κ1) is 43.7. The maximum Gasteiger partial charge on any atom is 0.0462 e. The highest BCUT2D eigenvalue weighted by molar-refractivity contribution is 6.01. The van der Waals surface area contributed by atoms with Crippen LogP contribution in [0, 0.1) is 13.8 Å². The van der Waals surface area contributed by atoms with Gasteiger partial charge in [-0.25, -0.2) is 0 Å². The van der Waals surface area contributed by atoms with E-state index in [1.807, 2.05) is 0 Å². The lowest BCUT2D eigenvalue weighted by Crippen LogP contribution is -2.09. The minimum absolute atomic E-state index is 1.09. The monoisotopic (exact) mass is 929 g/mol. The van der Waals surface area contributed by atoms with Gasteiger partial charge in [-0.15, -0.1) is 0 Å². The van der Waals surface area contributed by atoms with Crippen molar-refractivity contribution in [1.29, 1.82) is 0 Å². The van der Waals surface area contributed by atoms with Crippen molar-refractivity contribution < 1.29 is 0 Å². The van der Waals surface area contributed by atoms with Crippen molar-refractivity contribution in [3.8, 4) is 66.8 Å². The summed E-state index contributed by atoms with van der Waals surface area (Å²) in [4.78, 5) is 2.38. The number of nitrogens with zero attached hydrogens (tertiary/aromatic N) is 1. The van der Waals surface area contributed by atoms with E-state index in [2.05, 4.69) is 292 Å². The van der Waals surface area contributed by atoms with Crippen molar-refractivity contribution in [2.75, 3.05) is 4.90 Å². The van der Waals surface area contributed by atoms with Crippen LogP contribution in [0.4, 0.5) is 17.1 Å². The summed E-state index contributed by atoms with van der Waals surface area (Å²) in [5, 5.41) is 10.1. The number of hydrogen-bond donors (Lipinski definition) is 0. The highest BCUT2D eigenvalue weighted by Gasteiger charge is 2.17. The average Bonchev–Trinajstić information content (AvgIpc) is 3.45. The molecule has 0 unspecified atom stereocenters. The van der Waals surface area contributed by atoms with Gasteiger partial charge in [0, 0.05) is 17.1 Å². The average molecular weight is 930 g/mol. The molecule has 0 spiro atoms. The van der Waals surface area contributed by atoms with Gasteiger partial charge in [0.2, 0.25) is 0 Å². The molecule has 0 aliphatic heterocycles. The van der Waals surface area contributed by atoms with E-state index in [1.54, 1.807) is 0 Å². The van der Waals surface area contributed by atoms with E-state index in [4.69, 9.17) is 0 Å². The van der Waals surface area contributed by atoms with Crippen molar-refractivity contribution in [3.63, 3.8) is 0 Å². The Balaban J connectivity index is 0.845. The van der Waals surface area contributed by atoms with Gasteiger partial charge in [0.25, 0.3) is 0 Å². The van der Waals surface area contributed by atoms with Crippen LogP contribution in [0.25, 0.3) is 110 Å². The second kappa shape index (κ2) is 18.5. The molecule has 1 heteroatoms. The van der Waals surface area contributed by atoms with Crippen molar-refractivity contribution in [2.24, 2.45) is 0 Å². The largest absolute Gasteiger partial charge is 0.311 e. The van der Waals surface area contributed by atoms with E-state index in [-0.39, 0.29) is 0 Å². The fourth-order valence-corrected chi connectivity index (χ4v) is 11.1. The zero-order chi connectivity index (χ0) is 48.8. The predicted molar refractivity (Wildman–Crippen MR) is 313 cm³/mol. The minimum atomic E-state index is 1.09. The molecule has 13 rings (SSSR count). The smallest absolute Gasteiger partial charge is 0.0462 e. The molecule has 73 heavy (non-hydrogen) atoms. The maximum absolute atomic E-state index is 2.38. The maximum atomic E-state index is 2.38. The minimum Gasteiger partial charge on any atom is -0.311 e. The Kier molecular flexibility index (Phi) is 11.1. The van der Waals surface area contributed by atoms with E-state index >= 15 is 0 Å². The van der Waals surface area contributed by atoms with Crippen LogP contribution in [0.3, 0.4) is 0 Å². The molecule has 344 valence electrons. The lowest BCUT2D eigenvalue weighted by atomic mass is 9.91. The van der Waals surface area contributed by atoms with E-state index in [1.165, 1.54) is 121 Å². The van der Waals surface area contributed by atoms with Gasteiger partial charge in [0.15, 0.2) is 0 Å². The fourth-order valence-electron chi connectivity index (χ4n) is 11.1.